The predicted octanol–water partition coefficient (Wildman–Crippen LogP) is 4.32. The highest BCUT2D eigenvalue weighted by Gasteiger charge is 2.12. The summed E-state index contributed by atoms with van der Waals surface area (Å²) < 4.78 is 0. The fraction of sp³-hybridized carbons (Fsp3) is 0.125. The molecule has 2 aromatic rings. The lowest BCUT2D eigenvalue weighted by Gasteiger charge is -2.07. The molecule has 2 rings (SSSR count). The molecular weight excluding hydrogens is 385 g/mol. The second-order valence-electron chi connectivity index (χ2n) is 4.89. The third-order valence-electron chi connectivity index (χ3n) is 3.16. The molecule has 0 aliphatic rings. The Morgan fingerprint density at radius 1 is 1.32 bits per heavy atom. The summed E-state index contributed by atoms with van der Waals surface area (Å²) in [7, 11) is 0. The summed E-state index contributed by atoms with van der Waals surface area (Å²) in [5.41, 5.74) is 3.42. The molecule has 0 radical (unpaired) electrons. The first kappa shape index (κ1) is 19.2. The molecule has 0 saturated heterocycles. The topological polar surface area (TPSA) is 84.6 Å². The largest absolute Gasteiger partial charge is 0.288 e. The van der Waals surface area contributed by atoms with Gasteiger partial charge in [-0.1, -0.05) is 29.3 Å². The first-order valence-electron chi connectivity index (χ1n) is 6.99. The number of hydrogen-bond acceptors (Lipinski definition) is 5. The van der Waals surface area contributed by atoms with Gasteiger partial charge in [0.05, 0.1) is 17.6 Å². The zero-order valence-electron chi connectivity index (χ0n) is 13.0. The highest BCUT2D eigenvalue weighted by atomic mass is 35.5. The summed E-state index contributed by atoms with van der Waals surface area (Å²) in [5.74, 6) is -0.322. The fourth-order valence-electron chi connectivity index (χ4n) is 2.03. The van der Waals surface area contributed by atoms with Crippen molar-refractivity contribution in [2.24, 2.45) is 5.10 Å². The number of thioether (sulfide) groups is 1. The molecular formula is C16H13Cl2N3O3S. The van der Waals surface area contributed by atoms with Gasteiger partial charge in [0, 0.05) is 21.5 Å². The minimum Gasteiger partial charge on any atom is -0.273 e. The van der Waals surface area contributed by atoms with Crippen LogP contribution in [0.15, 0.2) is 46.4 Å². The third-order valence-corrected chi connectivity index (χ3v) is 4.56. The number of carbonyl (C=O) groups excluding carboxylic acids is 1. The van der Waals surface area contributed by atoms with Gasteiger partial charge in [-0.15, -0.1) is 11.8 Å². The Kier molecular flexibility index (Phi) is 6.81. The number of halogens is 2. The molecule has 130 valence electrons. The van der Waals surface area contributed by atoms with Crippen LogP contribution in [-0.4, -0.2) is 23.3 Å². The predicted molar refractivity (Wildman–Crippen MR) is 101 cm³/mol. The van der Waals surface area contributed by atoms with Crippen LogP contribution in [-0.2, 0) is 11.2 Å². The van der Waals surface area contributed by atoms with Crippen LogP contribution in [0.2, 0.25) is 10.0 Å². The number of amides is 1. The van der Waals surface area contributed by atoms with Gasteiger partial charge in [0.25, 0.3) is 5.69 Å². The second-order valence-corrected chi connectivity index (χ2v) is 6.59. The van der Waals surface area contributed by atoms with Gasteiger partial charge in [-0.3, -0.25) is 14.9 Å². The van der Waals surface area contributed by atoms with Crippen LogP contribution in [0.4, 0.5) is 5.69 Å². The van der Waals surface area contributed by atoms with E-state index >= 15 is 0 Å². The molecule has 6 nitrogen and oxygen atoms in total. The number of carbonyl (C=O) groups is 1. The Labute approximate surface area is 158 Å². The van der Waals surface area contributed by atoms with Crippen molar-refractivity contribution in [3.05, 3.63) is 67.7 Å². The number of nitro benzene ring substituents is 1. The first-order valence-corrected chi connectivity index (χ1v) is 8.97. The summed E-state index contributed by atoms with van der Waals surface area (Å²) in [5, 5.41) is 15.2. The van der Waals surface area contributed by atoms with Gasteiger partial charge in [0.15, 0.2) is 0 Å². The molecule has 0 aromatic heterocycles. The van der Waals surface area contributed by atoms with E-state index in [0.717, 1.165) is 10.5 Å². The van der Waals surface area contributed by atoms with Gasteiger partial charge < -0.3 is 0 Å². The molecule has 25 heavy (non-hydrogen) atoms. The Balaban J connectivity index is 2.03. The molecule has 0 aliphatic heterocycles. The SMILES string of the molecule is CSc1ccc(Cl)cc1CC(=O)N/N=C\c1ccc(Cl)c([N+](=O)[O-])c1. The van der Waals surface area contributed by atoms with Gasteiger partial charge in [0.2, 0.25) is 5.91 Å². The molecule has 0 fully saturated rings. The molecule has 0 aliphatic carbocycles. The molecule has 0 bridgehead atoms. The van der Waals surface area contributed by atoms with Crippen molar-refractivity contribution in [2.75, 3.05) is 6.26 Å². The monoisotopic (exact) mass is 397 g/mol. The second kappa shape index (κ2) is 8.84. The highest BCUT2D eigenvalue weighted by molar-refractivity contribution is 7.98. The van der Waals surface area contributed by atoms with E-state index in [9.17, 15) is 14.9 Å². The summed E-state index contributed by atoms with van der Waals surface area (Å²) in [6, 6.07) is 9.60. The summed E-state index contributed by atoms with van der Waals surface area (Å²) in [6.07, 6.45) is 3.35. The molecule has 9 heteroatoms. The van der Waals surface area contributed by atoms with Crippen LogP contribution in [0.1, 0.15) is 11.1 Å². The van der Waals surface area contributed by atoms with Crippen LogP contribution < -0.4 is 5.43 Å². The molecule has 0 saturated carbocycles. The molecule has 0 unspecified atom stereocenters. The Hall–Kier alpha value is -2.09. The molecule has 2 aromatic carbocycles. The molecule has 0 atom stereocenters. The minimum atomic E-state index is -0.582. The minimum absolute atomic E-state index is 0.0386. The zero-order chi connectivity index (χ0) is 18.4. The van der Waals surface area contributed by atoms with Crippen LogP contribution in [0.3, 0.4) is 0 Å². The van der Waals surface area contributed by atoms with Gasteiger partial charge in [-0.05, 0) is 36.1 Å². The lowest BCUT2D eigenvalue weighted by atomic mass is 10.1. The van der Waals surface area contributed by atoms with E-state index in [4.69, 9.17) is 23.2 Å². The maximum absolute atomic E-state index is 12.0. The number of hydrogen-bond donors (Lipinski definition) is 1. The summed E-state index contributed by atoms with van der Waals surface area (Å²) in [4.78, 5) is 23.2. The van der Waals surface area contributed by atoms with Crippen LogP contribution >= 0.6 is 35.0 Å². The van der Waals surface area contributed by atoms with Crippen molar-refractivity contribution in [1.82, 2.24) is 5.43 Å². The molecule has 1 amide bonds. The lowest BCUT2D eigenvalue weighted by molar-refractivity contribution is -0.384. The highest BCUT2D eigenvalue weighted by Crippen LogP contribution is 2.25. The van der Waals surface area contributed by atoms with Crippen LogP contribution in [0.25, 0.3) is 0 Å². The smallest absolute Gasteiger partial charge is 0.273 e. The number of nitro groups is 1. The van der Waals surface area contributed by atoms with E-state index in [0.29, 0.717) is 10.6 Å². The third kappa shape index (κ3) is 5.45. The normalized spacial score (nSPS) is 10.8. The molecule has 0 spiro atoms. The van der Waals surface area contributed by atoms with Crippen LogP contribution in [0.5, 0.6) is 0 Å². The number of hydrazone groups is 1. The maximum atomic E-state index is 12.0. The van der Waals surface area contributed by atoms with Crippen molar-refractivity contribution in [1.29, 1.82) is 0 Å². The van der Waals surface area contributed by atoms with Gasteiger partial charge in [-0.2, -0.15) is 5.10 Å². The first-order chi connectivity index (χ1) is 11.9. The van der Waals surface area contributed by atoms with Gasteiger partial charge in [0.1, 0.15) is 5.02 Å². The van der Waals surface area contributed by atoms with Gasteiger partial charge in [-0.25, -0.2) is 5.43 Å². The Bertz CT molecular complexity index is 843. The van der Waals surface area contributed by atoms with Crippen molar-refractivity contribution in [2.45, 2.75) is 11.3 Å². The average Bonchev–Trinajstić information content (AvgIpc) is 2.56. The van der Waals surface area contributed by atoms with Crippen molar-refractivity contribution in [3.8, 4) is 0 Å². The standard InChI is InChI=1S/C16H13Cl2N3O3S/c1-25-15-5-3-12(17)7-11(15)8-16(22)20-19-9-10-2-4-13(18)14(6-10)21(23)24/h2-7,9H,8H2,1H3,(H,20,22)/b19-9-. The number of rotatable bonds is 6. The van der Waals surface area contributed by atoms with E-state index in [2.05, 4.69) is 10.5 Å². The zero-order valence-corrected chi connectivity index (χ0v) is 15.4. The van der Waals surface area contributed by atoms with Crippen molar-refractivity contribution >= 4 is 52.8 Å². The lowest BCUT2D eigenvalue weighted by Crippen LogP contribution is -2.20. The number of benzene rings is 2. The number of nitrogens with one attached hydrogen (secondary N) is 1. The Morgan fingerprint density at radius 3 is 2.76 bits per heavy atom. The van der Waals surface area contributed by atoms with E-state index in [-0.39, 0.29) is 23.0 Å². The van der Waals surface area contributed by atoms with Gasteiger partial charge >= 0.3 is 0 Å². The van der Waals surface area contributed by atoms with E-state index in [1.165, 1.54) is 30.1 Å². The van der Waals surface area contributed by atoms with E-state index in [1.807, 2.05) is 12.3 Å². The Morgan fingerprint density at radius 2 is 2.08 bits per heavy atom. The molecule has 0 heterocycles. The number of nitrogens with zero attached hydrogens (tertiary/aromatic N) is 2. The van der Waals surface area contributed by atoms with E-state index in [1.54, 1.807) is 18.2 Å². The van der Waals surface area contributed by atoms with Crippen LogP contribution in [0, 0.1) is 10.1 Å². The summed E-state index contributed by atoms with van der Waals surface area (Å²) in [6.45, 7) is 0. The fourth-order valence-corrected chi connectivity index (χ4v) is 3.01. The summed E-state index contributed by atoms with van der Waals surface area (Å²) >= 11 is 13.2. The average molecular weight is 398 g/mol. The van der Waals surface area contributed by atoms with Crippen molar-refractivity contribution in [3.63, 3.8) is 0 Å². The van der Waals surface area contributed by atoms with E-state index < -0.39 is 4.92 Å². The molecule has 1 N–H and O–H groups in total. The van der Waals surface area contributed by atoms with Crippen molar-refractivity contribution < 1.29 is 9.72 Å². The quantitative estimate of drug-likeness (QED) is 0.340. The maximum Gasteiger partial charge on any atom is 0.288 e.